The van der Waals surface area contributed by atoms with Crippen LogP contribution < -0.4 is 5.32 Å². The molecule has 1 amide bonds. The number of amides is 1. The van der Waals surface area contributed by atoms with E-state index in [0.717, 1.165) is 0 Å². The summed E-state index contributed by atoms with van der Waals surface area (Å²) < 4.78 is 4.90. The van der Waals surface area contributed by atoms with Crippen LogP contribution in [0, 0.1) is 0 Å². The van der Waals surface area contributed by atoms with Crippen LogP contribution in [0.2, 0.25) is 0 Å². The molecule has 0 spiro atoms. The summed E-state index contributed by atoms with van der Waals surface area (Å²) in [5.74, 6) is -1.37. The van der Waals surface area contributed by atoms with Crippen LogP contribution in [0.15, 0.2) is 48.7 Å². The summed E-state index contributed by atoms with van der Waals surface area (Å²) in [6, 6.07) is 11.0. The van der Waals surface area contributed by atoms with Crippen LogP contribution in [-0.4, -0.2) is 35.3 Å². The fraction of sp³-hybridized carbons (Fsp3) is 0.188. The number of ketones is 1. The molecule has 1 aromatic heterocycles. The quantitative estimate of drug-likeness (QED) is 0.626. The molecule has 1 aromatic carbocycles. The standard InChI is InChI=1S/C16H16N2O4/c1-11(18-15(20)12-6-3-2-4-7-12)16(21)22-10-14(19)13-8-5-9-17-13/h2-9,11,17H,10H2,1H3,(H,18,20)/t11-/m0/s1. The number of carbonyl (C=O) groups excluding carboxylic acids is 3. The van der Waals surface area contributed by atoms with E-state index in [1.165, 1.54) is 6.92 Å². The molecule has 1 heterocycles. The average molecular weight is 300 g/mol. The zero-order valence-corrected chi connectivity index (χ0v) is 12.0. The molecular formula is C16H16N2O4. The lowest BCUT2D eigenvalue weighted by Gasteiger charge is -2.13. The SMILES string of the molecule is C[C@H](NC(=O)c1ccccc1)C(=O)OCC(=O)c1ccc[nH]1. The number of benzene rings is 1. The van der Waals surface area contributed by atoms with Gasteiger partial charge in [-0.25, -0.2) is 4.79 Å². The maximum absolute atomic E-state index is 11.9. The van der Waals surface area contributed by atoms with Gasteiger partial charge in [0.2, 0.25) is 5.78 Å². The first-order valence-electron chi connectivity index (χ1n) is 6.77. The monoisotopic (exact) mass is 300 g/mol. The van der Waals surface area contributed by atoms with Crippen molar-refractivity contribution in [3.05, 3.63) is 59.9 Å². The number of rotatable bonds is 6. The number of esters is 1. The van der Waals surface area contributed by atoms with E-state index in [4.69, 9.17) is 4.74 Å². The van der Waals surface area contributed by atoms with Crippen LogP contribution in [0.1, 0.15) is 27.8 Å². The van der Waals surface area contributed by atoms with Gasteiger partial charge < -0.3 is 15.0 Å². The highest BCUT2D eigenvalue weighted by molar-refractivity contribution is 5.98. The molecule has 0 bridgehead atoms. The zero-order valence-electron chi connectivity index (χ0n) is 12.0. The molecule has 2 N–H and O–H groups in total. The zero-order chi connectivity index (χ0) is 15.9. The number of H-pyrrole nitrogens is 1. The molecule has 0 aliphatic rings. The Hall–Kier alpha value is -2.89. The molecule has 6 nitrogen and oxygen atoms in total. The molecule has 0 radical (unpaired) electrons. The molecule has 0 unspecified atom stereocenters. The van der Waals surface area contributed by atoms with Gasteiger partial charge in [0.15, 0.2) is 6.61 Å². The maximum atomic E-state index is 11.9. The summed E-state index contributed by atoms with van der Waals surface area (Å²) in [5.41, 5.74) is 0.818. The molecule has 2 aromatic rings. The Bertz CT molecular complexity index is 650. The van der Waals surface area contributed by atoms with E-state index in [0.29, 0.717) is 11.3 Å². The number of hydrogen-bond donors (Lipinski definition) is 2. The van der Waals surface area contributed by atoms with Crippen molar-refractivity contribution < 1.29 is 19.1 Å². The van der Waals surface area contributed by atoms with Gasteiger partial charge in [-0.1, -0.05) is 18.2 Å². The summed E-state index contributed by atoms with van der Waals surface area (Å²) >= 11 is 0. The molecule has 0 aliphatic carbocycles. The minimum absolute atomic E-state index is 0.333. The number of nitrogens with one attached hydrogen (secondary N) is 2. The smallest absolute Gasteiger partial charge is 0.328 e. The highest BCUT2D eigenvalue weighted by Gasteiger charge is 2.19. The minimum atomic E-state index is -0.843. The Kier molecular flexibility index (Phi) is 5.08. The average Bonchev–Trinajstić information content (AvgIpc) is 3.07. The van der Waals surface area contributed by atoms with Gasteiger partial charge in [-0.05, 0) is 31.2 Å². The second-order valence-corrected chi connectivity index (χ2v) is 4.68. The van der Waals surface area contributed by atoms with Crippen molar-refractivity contribution in [2.75, 3.05) is 6.61 Å². The predicted molar refractivity (Wildman–Crippen MR) is 79.5 cm³/mol. The van der Waals surface area contributed by atoms with Crippen molar-refractivity contribution in [2.24, 2.45) is 0 Å². The second-order valence-electron chi connectivity index (χ2n) is 4.68. The van der Waals surface area contributed by atoms with Crippen LogP contribution in [0.5, 0.6) is 0 Å². The predicted octanol–water partition coefficient (Wildman–Crippen LogP) is 1.56. The van der Waals surface area contributed by atoms with E-state index < -0.39 is 12.0 Å². The molecular weight excluding hydrogens is 284 g/mol. The number of Topliss-reactive ketones (excluding diaryl/α,β-unsaturated/α-hetero) is 1. The van der Waals surface area contributed by atoms with Crippen molar-refractivity contribution >= 4 is 17.7 Å². The lowest BCUT2D eigenvalue weighted by Crippen LogP contribution is -2.40. The topological polar surface area (TPSA) is 88.3 Å². The van der Waals surface area contributed by atoms with E-state index in [9.17, 15) is 14.4 Å². The summed E-state index contributed by atoms with van der Waals surface area (Å²) in [6.07, 6.45) is 1.61. The Balaban J connectivity index is 1.82. The number of aromatic nitrogens is 1. The highest BCUT2D eigenvalue weighted by atomic mass is 16.5. The van der Waals surface area contributed by atoms with E-state index in [1.807, 2.05) is 0 Å². The molecule has 0 fully saturated rings. The van der Waals surface area contributed by atoms with E-state index in [1.54, 1.807) is 48.7 Å². The summed E-state index contributed by atoms with van der Waals surface area (Å²) in [7, 11) is 0. The Morgan fingerprint density at radius 3 is 2.50 bits per heavy atom. The fourth-order valence-corrected chi connectivity index (χ4v) is 1.77. The number of ether oxygens (including phenoxy) is 1. The molecule has 22 heavy (non-hydrogen) atoms. The number of carbonyl (C=O) groups is 3. The second kappa shape index (κ2) is 7.21. The lowest BCUT2D eigenvalue weighted by molar-refractivity contribution is -0.144. The van der Waals surface area contributed by atoms with Crippen LogP contribution in [0.4, 0.5) is 0 Å². The number of hydrogen-bond acceptors (Lipinski definition) is 4. The van der Waals surface area contributed by atoms with E-state index in [2.05, 4.69) is 10.3 Å². The van der Waals surface area contributed by atoms with Gasteiger partial charge in [-0.3, -0.25) is 9.59 Å². The van der Waals surface area contributed by atoms with Crippen molar-refractivity contribution in [1.29, 1.82) is 0 Å². The maximum Gasteiger partial charge on any atom is 0.328 e. The van der Waals surface area contributed by atoms with Crippen molar-refractivity contribution in [3.8, 4) is 0 Å². The molecule has 0 saturated carbocycles. The minimum Gasteiger partial charge on any atom is -0.456 e. The van der Waals surface area contributed by atoms with Crippen molar-refractivity contribution in [2.45, 2.75) is 13.0 Å². The fourth-order valence-electron chi connectivity index (χ4n) is 1.77. The molecule has 2 rings (SSSR count). The van der Waals surface area contributed by atoms with Gasteiger partial charge in [0.1, 0.15) is 6.04 Å². The summed E-state index contributed by atoms with van der Waals surface area (Å²) in [6.45, 7) is 1.13. The van der Waals surface area contributed by atoms with Crippen LogP contribution in [0.3, 0.4) is 0 Å². The van der Waals surface area contributed by atoms with E-state index >= 15 is 0 Å². The number of aromatic amines is 1. The van der Waals surface area contributed by atoms with Crippen LogP contribution in [0.25, 0.3) is 0 Å². The third-order valence-corrected chi connectivity index (χ3v) is 2.98. The first kappa shape index (κ1) is 15.5. The van der Waals surface area contributed by atoms with Crippen LogP contribution >= 0.6 is 0 Å². The molecule has 6 heteroatoms. The third kappa shape index (κ3) is 4.05. The van der Waals surface area contributed by atoms with E-state index in [-0.39, 0.29) is 18.3 Å². The van der Waals surface area contributed by atoms with Crippen molar-refractivity contribution in [1.82, 2.24) is 10.3 Å². The Morgan fingerprint density at radius 2 is 1.86 bits per heavy atom. The first-order chi connectivity index (χ1) is 10.6. The van der Waals surface area contributed by atoms with Gasteiger partial charge in [-0.2, -0.15) is 0 Å². The lowest BCUT2D eigenvalue weighted by atomic mass is 10.2. The normalized spacial score (nSPS) is 11.5. The third-order valence-electron chi connectivity index (χ3n) is 2.98. The molecule has 0 aliphatic heterocycles. The molecule has 114 valence electrons. The van der Waals surface area contributed by atoms with Gasteiger partial charge in [0, 0.05) is 11.8 Å². The first-order valence-corrected chi connectivity index (χ1v) is 6.77. The van der Waals surface area contributed by atoms with Gasteiger partial charge in [-0.15, -0.1) is 0 Å². The van der Waals surface area contributed by atoms with Crippen molar-refractivity contribution in [3.63, 3.8) is 0 Å². The Labute approximate surface area is 127 Å². The summed E-state index contributed by atoms with van der Waals surface area (Å²) in [5, 5.41) is 2.52. The largest absolute Gasteiger partial charge is 0.456 e. The highest BCUT2D eigenvalue weighted by Crippen LogP contribution is 2.01. The van der Waals surface area contributed by atoms with Gasteiger partial charge in [0.05, 0.1) is 5.69 Å². The summed E-state index contributed by atoms with van der Waals surface area (Å²) in [4.78, 5) is 38.1. The molecule has 0 saturated heterocycles. The van der Waals surface area contributed by atoms with Gasteiger partial charge in [0.25, 0.3) is 5.91 Å². The molecule has 1 atom stereocenters. The van der Waals surface area contributed by atoms with Crippen LogP contribution in [-0.2, 0) is 9.53 Å². The Morgan fingerprint density at radius 1 is 1.14 bits per heavy atom. The van der Waals surface area contributed by atoms with Gasteiger partial charge >= 0.3 is 5.97 Å².